The number of carbonyl (C=O) groups excluding carboxylic acids is 1. The molecule has 6 nitrogen and oxygen atoms in total. The smallest absolute Gasteiger partial charge is 0.268 e. The van der Waals surface area contributed by atoms with E-state index in [1.807, 2.05) is 0 Å². The molecule has 0 saturated carbocycles. The van der Waals surface area contributed by atoms with Gasteiger partial charge in [0.25, 0.3) is 5.56 Å². The second kappa shape index (κ2) is 7.45. The maximum absolute atomic E-state index is 12.5. The van der Waals surface area contributed by atoms with Crippen molar-refractivity contribution in [3.05, 3.63) is 67.5 Å². The highest BCUT2D eigenvalue weighted by Gasteiger charge is 2.08. The van der Waals surface area contributed by atoms with E-state index < -0.39 is 0 Å². The van der Waals surface area contributed by atoms with Crippen LogP contribution in [0.1, 0.15) is 16.1 Å². The number of aromatic nitrogens is 1. The summed E-state index contributed by atoms with van der Waals surface area (Å²) in [6.07, 6.45) is 4.57. The summed E-state index contributed by atoms with van der Waals surface area (Å²) in [5.74, 6) is 1.20. The highest BCUT2D eigenvalue weighted by atomic mass is 32.1. The largest absolute Gasteiger partial charge is 0.497 e. The van der Waals surface area contributed by atoms with Gasteiger partial charge in [-0.15, -0.1) is 11.3 Å². The molecule has 0 radical (unpaired) electrons. The zero-order valence-electron chi connectivity index (χ0n) is 14.5. The second-order valence-corrected chi connectivity index (χ2v) is 6.51. The van der Waals surface area contributed by atoms with Crippen molar-refractivity contribution in [1.29, 1.82) is 0 Å². The van der Waals surface area contributed by atoms with E-state index in [-0.39, 0.29) is 17.1 Å². The minimum absolute atomic E-state index is 0.185. The average molecular weight is 371 g/mol. The van der Waals surface area contributed by atoms with Gasteiger partial charge >= 0.3 is 0 Å². The third-order valence-corrected chi connectivity index (χ3v) is 4.86. The summed E-state index contributed by atoms with van der Waals surface area (Å²) in [5.41, 5.74) is 0.583. The fourth-order valence-electron chi connectivity index (χ4n) is 2.37. The molecule has 3 aromatic rings. The lowest BCUT2D eigenvalue weighted by molar-refractivity contribution is 0.103. The minimum atomic E-state index is -0.290. The number of hydrogen-bond donors (Lipinski definition) is 0. The van der Waals surface area contributed by atoms with E-state index in [1.165, 1.54) is 28.2 Å². The molecule has 0 spiro atoms. The number of furan rings is 1. The maximum atomic E-state index is 12.5. The van der Waals surface area contributed by atoms with Crippen LogP contribution in [0.15, 0.2) is 45.8 Å². The van der Waals surface area contributed by atoms with E-state index in [0.717, 1.165) is 5.56 Å². The quantitative estimate of drug-likeness (QED) is 0.637. The lowest BCUT2D eigenvalue weighted by Crippen LogP contribution is -2.29. The molecule has 0 aliphatic heterocycles. The number of Topliss-reactive ketones (excluding diaryl/α,β-unsaturated/α-hetero) is 1. The van der Waals surface area contributed by atoms with E-state index in [1.54, 1.807) is 57.7 Å². The fourth-order valence-corrected chi connectivity index (χ4v) is 3.40. The minimum Gasteiger partial charge on any atom is -0.497 e. The van der Waals surface area contributed by atoms with Gasteiger partial charge in [0, 0.05) is 19.2 Å². The van der Waals surface area contributed by atoms with Gasteiger partial charge in [0.15, 0.2) is 5.76 Å². The molecular weight excluding hydrogens is 354 g/mol. The summed E-state index contributed by atoms with van der Waals surface area (Å²) in [5, 5.41) is 0. The van der Waals surface area contributed by atoms with Crippen LogP contribution in [0.25, 0.3) is 12.2 Å². The number of carbonyl (C=O) groups is 1. The van der Waals surface area contributed by atoms with Gasteiger partial charge in [0.1, 0.15) is 16.2 Å². The standard InChI is InChI=1S/C19H17NO5S/c1-20-18(11-15(21)16-5-4-6-25-16)26-17(19(20)22)9-12-7-13(23-2)10-14(8-12)24-3/h4-11H,1-3H3. The average Bonchev–Trinajstić information content (AvgIpc) is 3.27. The topological polar surface area (TPSA) is 70.7 Å². The Labute approximate surface area is 153 Å². The lowest BCUT2D eigenvalue weighted by atomic mass is 10.2. The van der Waals surface area contributed by atoms with Crippen LogP contribution in [0.3, 0.4) is 0 Å². The summed E-state index contributed by atoms with van der Waals surface area (Å²) in [4.78, 5) is 24.7. The summed E-state index contributed by atoms with van der Waals surface area (Å²) in [6, 6.07) is 8.59. The van der Waals surface area contributed by atoms with Gasteiger partial charge in [-0.3, -0.25) is 9.59 Å². The van der Waals surface area contributed by atoms with Crippen molar-refractivity contribution in [2.24, 2.45) is 7.05 Å². The van der Waals surface area contributed by atoms with E-state index in [4.69, 9.17) is 13.9 Å². The van der Waals surface area contributed by atoms with Crippen LogP contribution < -0.4 is 24.2 Å². The number of ketones is 1. The Hall–Kier alpha value is -3.06. The Bertz CT molecular complexity index is 1080. The molecule has 2 aromatic heterocycles. The molecular formula is C19H17NO5S. The molecule has 0 atom stereocenters. The molecule has 3 rings (SSSR count). The van der Waals surface area contributed by atoms with Crippen molar-refractivity contribution in [2.75, 3.05) is 14.2 Å². The van der Waals surface area contributed by atoms with Crippen molar-refractivity contribution in [3.8, 4) is 11.5 Å². The van der Waals surface area contributed by atoms with Crippen LogP contribution in [0, 0.1) is 0 Å². The number of nitrogens with zero attached hydrogens (tertiary/aromatic N) is 1. The van der Waals surface area contributed by atoms with Gasteiger partial charge in [-0.05, 0) is 35.9 Å². The highest BCUT2D eigenvalue weighted by Crippen LogP contribution is 2.22. The fraction of sp³-hybridized carbons (Fsp3) is 0.158. The Morgan fingerprint density at radius 1 is 1.19 bits per heavy atom. The van der Waals surface area contributed by atoms with Crippen molar-refractivity contribution in [3.63, 3.8) is 0 Å². The van der Waals surface area contributed by atoms with Crippen LogP contribution in [0.2, 0.25) is 0 Å². The second-order valence-electron chi connectivity index (χ2n) is 5.44. The molecule has 0 aliphatic carbocycles. The van der Waals surface area contributed by atoms with Gasteiger partial charge in [-0.25, -0.2) is 0 Å². The summed E-state index contributed by atoms with van der Waals surface area (Å²) >= 11 is 1.23. The molecule has 7 heteroatoms. The van der Waals surface area contributed by atoms with Gasteiger partial charge in [0.2, 0.25) is 5.78 Å². The summed E-state index contributed by atoms with van der Waals surface area (Å²) < 4.78 is 18.1. The third-order valence-electron chi connectivity index (χ3n) is 3.75. The number of ether oxygens (including phenoxy) is 2. The molecule has 0 aliphatic rings. The molecule has 0 N–H and O–H groups in total. The van der Waals surface area contributed by atoms with Crippen molar-refractivity contribution >= 4 is 29.3 Å². The van der Waals surface area contributed by atoms with Crippen LogP contribution in [-0.4, -0.2) is 24.6 Å². The van der Waals surface area contributed by atoms with E-state index in [2.05, 4.69) is 0 Å². The first-order valence-corrected chi connectivity index (χ1v) is 8.53. The first kappa shape index (κ1) is 17.8. The third kappa shape index (κ3) is 3.62. The monoisotopic (exact) mass is 371 g/mol. The maximum Gasteiger partial charge on any atom is 0.268 e. The Morgan fingerprint density at radius 3 is 2.46 bits per heavy atom. The predicted molar refractivity (Wildman–Crippen MR) is 99.4 cm³/mol. The van der Waals surface area contributed by atoms with Crippen LogP contribution in [0.5, 0.6) is 11.5 Å². The van der Waals surface area contributed by atoms with Crippen LogP contribution in [-0.2, 0) is 7.05 Å². The molecule has 2 heterocycles. The normalized spacial score (nSPS) is 12.4. The summed E-state index contributed by atoms with van der Waals surface area (Å²) in [7, 11) is 4.76. The van der Waals surface area contributed by atoms with Crippen molar-refractivity contribution in [1.82, 2.24) is 4.57 Å². The molecule has 26 heavy (non-hydrogen) atoms. The number of rotatable bonds is 5. The molecule has 134 valence electrons. The highest BCUT2D eigenvalue weighted by molar-refractivity contribution is 7.07. The van der Waals surface area contributed by atoms with Gasteiger partial charge in [0.05, 0.1) is 25.0 Å². The Kier molecular flexibility index (Phi) is 5.09. The zero-order valence-corrected chi connectivity index (χ0v) is 15.3. The van der Waals surface area contributed by atoms with E-state index in [9.17, 15) is 9.59 Å². The van der Waals surface area contributed by atoms with Gasteiger partial charge in [-0.2, -0.15) is 0 Å². The van der Waals surface area contributed by atoms with Gasteiger partial charge < -0.3 is 18.5 Å². The number of benzene rings is 1. The first-order valence-electron chi connectivity index (χ1n) is 7.72. The molecule has 0 fully saturated rings. The van der Waals surface area contributed by atoms with Crippen molar-refractivity contribution < 1.29 is 18.7 Å². The first-order chi connectivity index (χ1) is 12.5. The lowest BCUT2D eigenvalue weighted by Gasteiger charge is -2.05. The van der Waals surface area contributed by atoms with E-state index in [0.29, 0.717) is 20.7 Å². The SMILES string of the molecule is COc1cc(C=c2sc(=CC(=O)c3ccco3)n(C)c2=O)cc(OC)c1. The molecule has 0 saturated heterocycles. The van der Waals surface area contributed by atoms with Crippen LogP contribution >= 0.6 is 11.3 Å². The number of methoxy groups -OCH3 is 2. The molecule has 0 unspecified atom stereocenters. The number of hydrogen-bond acceptors (Lipinski definition) is 6. The molecule has 0 amide bonds. The van der Waals surface area contributed by atoms with Crippen LogP contribution in [0.4, 0.5) is 0 Å². The van der Waals surface area contributed by atoms with E-state index >= 15 is 0 Å². The Balaban J connectivity index is 2.09. The van der Waals surface area contributed by atoms with Crippen molar-refractivity contribution in [2.45, 2.75) is 0 Å². The van der Waals surface area contributed by atoms with Gasteiger partial charge in [-0.1, -0.05) is 0 Å². The zero-order chi connectivity index (χ0) is 18.7. The Morgan fingerprint density at radius 2 is 1.88 bits per heavy atom. The number of thiazole rings is 1. The molecule has 0 bridgehead atoms. The summed E-state index contributed by atoms with van der Waals surface area (Å²) in [6.45, 7) is 0. The molecule has 1 aromatic carbocycles. The predicted octanol–water partition coefficient (Wildman–Crippen LogP) is 1.55.